The molecule has 10 aromatic rings. The zero-order valence-corrected chi connectivity index (χ0v) is 36.0. The van der Waals surface area contributed by atoms with Crippen molar-refractivity contribution < 1.29 is 0 Å². The second-order valence-electron chi connectivity index (χ2n) is 14.7. The van der Waals surface area contributed by atoms with Gasteiger partial charge in [0, 0.05) is 28.8 Å². The van der Waals surface area contributed by atoms with E-state index < -0.39 is 0 Å². The Morgan fingerprint density at radius 1 is 0.635 bits per heavy atom. The summed E-state index contributed by atoms with van der Waals surface area (Å²) in [6, 6.07) is 34.6. The fraction of sp³-hybridized carbons (Fsp3) is 0.130. The summed E-state index contributed by atoms with van der Waals surface area (Å²) in [6.07, 6.45) is 3.04. The number of rotatable bonds is 6. The van der Waals surface area contributed by atoms with E-state index >= 15 is 0 Å². The number of fused-ring (bicyclic) bond motifs is 4. The van der Waals surface area contributed by atoms with Gasteiger partial charge in [0.25, 0.3) is 11.1 Å². The van der Waals surface area contributed by atoms with Crippen LogP contribution in [0.3, 0.4) is 0 Å². The Morgan fingerprint density at radius 2 is 1.14 bits per heavy atom. The molecule has 17 heteroatoms. The third-order valence-electron chi connectivity index (χ3n) is 10.4. The van der Waals surface area contributed by atoms with Gasteiger partial charge < -0.3 is 26.8 Å². The van der Waals surface area contributed by atoms with Crippen molar-refractivity contribution in [2.24, 2.45) is 5.73 Å². The number of anilines is 2. The maximum atomic E-state index is 13.6. The van der Waals surface area contributed by atoms with E-state index in [1.54, 1.807) is 15.5 Å². The highest BCUT2D eigenvalue weighted by atomic mass is 35.5. The minimum atomic E-state index is -0.265. The average molecular weight is 879 g/mol. The normalized spacial score (nSPS) is 12.1. The molecule has 0 fully saturated rings. The van der Waals surface area contributed by atoms with Crippen LogP contribution in [0.25, 0.3) is 55.2 Å². The van der Waals surface area contributed by atoms with Gasteiger partial charge in [0.05, 0.1) is 29.5 Å². The molecular formula is C46H41Cl2N13O2. The van der Waals surface area contributed by atoms with Gasteiger partial charge in [-0.25, -0.2) is 15.0 Å². The Hall–Kier alpha value is -7.46. The number of aryl methyl sites for hydroxylation is 2. The molecule has 0 amide bonds. The highest BCUT2D eigenvalue weighted by Crippen LogP contribution is 2.28. The summed E-state index contributed by atoms with van der Waals surface area (Å²) in [7, 11) is 0. The van der Waals surface area contributed by atoms with Crippen molar-refractivity contribution >= 4 is 78.8 Å². The van der Waals surface area contributed by atoms with Crippen molar-refractivity contribution in [3.8, 4) is 11.4 Å². The van der Waals surface area contributed by atoms with Gasteiger partial charge in [-0.2, -0.15) is 15.0 Å². The number of nitrogens with two attached hydrogens (primary N) is 2. The number of pyridine rings is 2. The Balaban J connectivity index is 0.000000146. The largest absolute Gasteiger partial charge is 0.368 e. The number of imidazole rings is 2. The Labute approximate surface area is 369 Å². The molecule has 0 unspecified atom stereocenters. The molecule has 0 bridgehead atoms. The number of para-hydroxylation sites is 2. The first-order valence-corrected chi connectivity index (χ1v) is 20.6. The van der Waals surface area contributed by atoms with Gasteiger partial charge in [0.2, 0.25) is 11.2 Å². The van der Waals surface area contributed by atoms with Crippen LogP contribution < -0.4 is 27.9 Å². The van der Waals surface area contributed by atoms with Gasteiger partial charge in [0.15, 0.2) is 22.3 Å². The number of hydrogen-bond acceptors (Lipinski definition) is 11. The highest BCUT2D eigenvalue weighted by Gasteiger charge is 2.20. The van der Waals surface area contributed by atoms with E-state index in [-0.39, 0.29) is 39.6 Å². The molecule has 0 radical (unpaired) electrons. The quantitative estimate of drug-likeness (QED) is 0.0786. The van der Waals surface area contributed by atoms with Crippen LogP contribution in [0.15, 0.2) is 131 Å². The Bertz CT molecular complexity index is 3380. The maximum absolute atomic E-state index is 13.6. The summed E-state index contributed by atoms with van der Waals surface area (Å²) in [5.41, 5.74) is 19.3. The molecule has 0 saturated carbocycles. The van der Waals surface area contributed by atoms with E-state index in [9.17, 15) is 9.59 Å². The molecule has 15 nitrogen and oxygen atoms in total. The molecule has 0 aliphatic carbocycles. The smallest absolute Gasteiger partial charge is 0.263 e. The molecule has 6 heterocycles. The molecule has 0 saturated heterocycles. The predicted octanol–water partition coefficient (Wildman–Crippen LogP) is 8.70. The molecule has 6 aromatic heterocycles. The molecule has 0 spiro atoms. The van der Waals surface area contributed by atoms with Crippen molar-refractivity contribution in [2.75, 3.05) is 11.1 Å². The minimum Gasteiger partial charge on any atom is -0.368 e. The van der Waals surface area contributed by atoms with Crippen LogP contribution in [0.1, 0.15) is 48.4 Å². The summed E-state index contributed by atoms with van der Waals surface area (Å²) in [4.78, 5) is 56.5. The van der Waals surface area contributed by atoms with Crippen molar-refractivity contribution in [3.63, 3.8) is 0 Å². The molecule has 7 N–H and O–H groups in total. The van der Waals surface area contributed by atoms with Crippen molar-refractivity contribution in [2.45, 2.75) is 39.8 Å². The lowest BCUT2D eigenvalue weighted by molar-refractivity contribution is 0.734. The second kappa shape index (κ2) is 17.9. The zero-order chi connectivity index (χ0) is 44.4. The minimum absolute atomic E-state index is 0.0101. The van der Waals surface area contributed by atoms with E-state index in [0.717, 1.165) is 50.0 Å². The van der Waals surface area contributed by atoms with Crippen molar-refractivity contribution in [3.05, 3.63) is 176 Å². The summed E-state index contributed by atoms with van der Waals surface area (Å²) in [5, 5.41) is 7.09. The Morgan fingerprint density at radius 3 is 1.70 bits per heavy atom. The molecule has 4 aromatic carbocycles. The topological polar surface area (TPSA) is 217 Å². The first kappa shape index (κ1) is 42.2. The van der Waals surface area contributed by atoms with Crippen LogP contribution in [0.5, 0.6) is 0 Å². The number of aromatic amines is 2. The number of hydrogen-bond donors (Lipinski definition) is 5. The number of benzene rings is 4. The van der Waals surface area contributed by atoms with Crippen molar-refractivity contribution in [1.82, 2.24) is 49.0 Å². The molecule has 63 heavy (non-hydrogen) atoms. The van der Waals surface area contributed by atoms with E-state index in [2.05, 4.69) is 45.2 Å². The number of nitrogen functional groups attached to an aromatic ring is 1. The molecule has 0 aliphatic rings. The summed E-state index contributed by atoms with van der Waals surface area (Å²) >= 11 is 11.2. The number of halogens is 2. The van der Waals surface area contributed by atoms with Crippen LogP contribution in [0, 0.1) is 13.8 Å². The lowest BCUT2D eigenvalue weighted by Gasteiger charge is -2.22. The lowest BCUT2D eigenvalue weighted by Crippen LogP contribution is -2.26. The van der Waals surface area contributed by atoms with Gasteiger partial charge >= 0.3 is 0 Å². The third kappa shape index (κ3) is 8.57. The highest BCUT2D eigenvalue weighted by molar-refractivity contribution is 6.35. The molecular weight excluding hydrogens is 838 g/mol. The maximum Gasteiger partial charge on any atom is 0.263 e. The zero-order valence-electron chi connectivity index (χ0n) is 34.5. The monoisotopic (exact) mass is 877 g/mol. The van der Waals surface area contributed by atoms with Crippen LogP contribution in [0.2, 0.25) is 10.4 Å². The fourth-order valence-electron chi connectivity index (χ4n) is 7.46. The average Bonchev–Trinajstić information content (AvgIpc) is 3.95. The lowest BCUT2D eigenvalue weighted by atomic mass is 10.0. The molecule has 0 aliphatic heterocycles. The van der Waals surface area contributed by atoms with E-state index in [0.29, 0.717) is 33.5 Å². The number of nitrogens with one attached hydrogen (secondary N) is 3. The predicted molar refractivity (Wildman–Crippen MR) is 251 cm³/mol. The summed E-state index contributed by atoms with van der Waals surface area (Å²) < 4.78 is 3.47. The van der Waals surface area contributed by atoms with Crippen LogP contribution in [-0.4, -0.2) is 49.0 Å². The Kier molecular flexibility index (Phi) is 12.0. The first-order valence-electron chi connectivity index (χ1n) is 19.8. The third-order valence-corrected chi connectivity index (χ3v) is 10.8. The summed E-state index contributed by atoms with van der Waals surface area (Å²) in [5.74, 6) is 0.660. The first-order chi connectivity index (χ1) is 30.4. The fourth-order valence-corrected chi connectivity index (χ4v) is 7.89. The van der Waals surface area contributed by atoms with Crippen molar-refractivity contribution in [1.29, 1.82) is 0 Å². The second-order valence-corrected chi connectivity index (χ2v) is 15.4. The van der Waals surface area contributed by atoms with Crippen LogP contribution in [0.4, 0.5) is 11.8 Å². The van der Waals surface area contributed by atoms with Crippen LogP contribution in [-0.2, 0) is 0 Å². The SMILES string of the molecule is Cc1cccc2cc([C@H](C)N)n(-c3ccccc3)c(=O)c12.Cc1cccc2cc([C@H](C)Nc3nc(N)nc4nc[nH]c34)n(-c3ccccc3)c(=O)c12.Clc1nc(Cl)c2[nH]cnc2n1. The standard InChI is InChI=1S/C23H21N7O.C18H18N2O.C5H2Cl2N4/c1-13-7-6-8-15-11-17(30(22(31)18(13)15)16-9-4-3-5-10-16)14(2)27-21-19-20(26-12-25-19)28-23(24)29-21;1-12-7-6-8-14-11-16(13(2)19)20(18(21)17(12)14)15-9-4-3-5-10-15;6-3-2-4(9-1-8-2)11-5(7)10-3/h3-12,14H,1-2H3,(H4,24,25,26,27,28,29);3-11,13H,19H2,1-2H3;1H,(H,8,9,10,11)/t14-;13-;/m00./s1. The summed E-state index contributed by atoms with van der Waals surface area (Å²) in [6.45, 7) is 7.80. The number of aromatic nitrogens is 10. The number of H-pyrrole nitrogens is 2. The van der Waals surface area contributed by atoms with Gasteiger partial charge in [-0.15, -0.1) is 0 Å². The van der Waals surface area contributed by atoms with Crippen LogP contribution >= 0.6 is 23.2 Å². The van der Waals surface area contributed by atoms with Gasteiger partial charge in [-0.3, -0.25) is 18.7 Å². The molecule has 10 rings (SSSR count). The van der Waals surface area contributed by atoms with Gasteiger partial charge in [-0.1, -0.05) is 84.4 Å². The van der Waals surface area contributed by atoms with E-state index in [1.165, 1.54) is 6.33 Å². The molecule has 2 atom stereocenters. The van der Waals surface area contributed by atoms with E-state index in [4.69, 9.17) is 34.7 Å². The van der Waals surface area contributed by atoms with Gasteiger partial charge in [-0.05, 0) is 97.6 Å². The number of nitrogens with zero attached hydrogens (tertiary/aromatic N) is 8. The van der Waals surface area contributed by atoms with Gasteiger partial charge in [0.1, 0.15) is 11.0 Å². The molecule has 316 valence electrons. The van der Waals surface area contributed by atoms with E-state index in [1.807, 2.05) is 137 Å².